The molecule has 34 heavy (non-hydrogen) atoms. The Labute approximate surface area is 208 Å². The first-order chi connectivity index (χ1) is 16.5. The van der Waals surface area contributed by atoms with Gasteiger partial charge in [0.15, 0.2) is 0 Å². The van der Waals surface area contributed by atoms with Crippen molar-refractivity contribution in [3.8, 4) is 11.3 Å². The standard InChI is InChI=1S/C29H21Cl2NO2/c1-2-19-8-11-23(12-9-19)32-27(20-6-4-3-5-7-20)17-21(29(32)33)16-24-13-15-28(34-24)25-18-22(30)10-14-26(25)31/h3-18H,2H2,1H3/b21-16+. The number of carbonyl (C=O) groups excluding carboxylic acids is 1. The van der Waals surface area contributed by atoms with Crippen LogP contribution >= 0.6 is 23.2 Å². The Hall–Kier alpha value is -3.53. The lowest BCUT2D eigenvalue weighted by Gasteiger charge is -2.21. The van der Waals surface area contributed by atoms with Crippen LogP contribution in [-0.4, -0.2) is 5.91 Å². The van der Waals surface area contributed by atoms with Gasteiger partial charge >= 0.3 is 0 Å². The zero-order valence-corrected chi connectivity index (χ0v) is 20.0. The number of halogens is 2. The van der Waals surface area contributed by atoms with Crippen LogP contribution in [0.5, 0.6) is 0 Å². The summed E-state index contributed by atoms with van der Waals surface area (Å²) in [7, 11) is 0. The molecule has 0 atom stereocenters. The van der Waals surface area contributed by atoms with Crippen LogP contribution in [0.2, 0.25) is 10.0 Å². The van der Waals surface area contributed by atoms with Crippen molar-refractivity contribution in [1.29, 1.82) is 0 Å². The Balaban J connectivity index is 1.54. The van der Waals surface area contributed by atoms with Gasteiger partial charge in [-0.15, -0.1) is 0 Å². The van der Waals surface area contributed by atoms with Crippen LogP contribution in [0.15, 0.2) is 101 Å². The number of amides is 1. The molecule has 3 aromatic carbocycles. The zero-order chi connectivity index (χ0) is 23.7. The van der Waals surface area contributed by atoms with E-state index in [1.807, 2.05) is 60.7 Å². The smallest absolute Gasteiger partial charge is 0.263 e. The number of anilines is 1. The molecular formula is C29H21Cl2NO2. The van der Waals surface area contributed by atoms with Gasteiger partial charge < -0.3 is 4.42 Å². The quantitative estimate of drug-likeness (QED) is 0.266. The highest BCUT2D eigenvalue weighted by molar-refractivity contribution is 6.35. The Kier molecular flexibility index (Phi) is 6.14. The molecule has 5 rings (SSSR count). The summed E-state index contributed by atoms with van der Waals surface area (Å²) in [5, 5.41) is 1.12. The molecule has 1 aliphatic heterocycles. The second-order valence-electron chi connectivity index (χ2n) is 7.98. The highest BCUT2D eigenvalue weighted by atomic mass is 35.5. The summed E-state index contributed by atoms with van der Waals surface area (Å²) in [6, 6.07) is 26.9. The van der Waals surface area contributed by atoms with E-state index in [9.17, 15) is 4.79 Å². The molecule has 2 heterocycles. The molecule has 1 amide bonds. The molecule has 168 valence electrons. The SMILES string of the molecule is CCc1ccc(N2C(=O)/C(=C/c3ccc(-c4cc(Cl)ccc4Cl)o3)C=C2c2ccccc2)cc1. The lowest BCUT2D eigenvalue weighted by atomic mass is 10.1. The fourth-order valence-electron chi connectivity index (χ4n) is 3.99. The van der Waals surface area contributed by atoms with E-state index in [4.69, 9.17) is 27.6 Å². The van der Waals surface area contributed by atoms with Crippen LogP contribution in [0, 0.1) is 0 Å². The van der Waals surface area contributed by atoms with Crippen molar-refractivity contribution < 1.29 is 9.21 Å². The average Bonchev–Trinajstić information content (AvgIpc) is 3.46. The van der Waals surface area contributed by atoms with E-state index >= 15 is 0 Å². The van der Waals surface area contributed by atoms with Crippen molar-refractivity contribution in [2.24, 2.45) is 0 Å². The topological polar surface area (TPSA) is 33.5 Å². The summed E-state index contributed by atoms with van der Waals surface area (Å²) in [4.78, 5) is 15.3. The number of nitrogens with zero attached hydrogens (tertiary/aromatic N) is 1. The lowest BCUT2D eigenvalue weighted by Crippen LogP contribution is -2.24. The summed E-state index contributed by atoms with van der Waals surface area (Å²) >= 11 is 12.5. The maximum atomic E-state index is 13.5. The molecular weight excluding hydrogens is 465 g/mol. The van der Waals surface area contributed by atoms with E-state index in [1.54, 1.807) is 29.2 Å². The van der Waals surface area contributed by atoms with E-state index in [-0.39, 0.29) is 5.91 Å². The highest BCUT2D eigenvalue weighted by Gasteiger charge is 2.30. The monoisotopic (exact) mass is 485 g/mol. The molecule has 0 saturated heterocycles. The molecule has 0 fully saturated rings. The molecule has 5 heteroatoms. The first-order valence-electron chi connectivity index (χ1n) is 11.0. The first-order valence-corrected chi connectivity index (χ1v) is 11.8. The summed E-state index contributed by atoms with van der Waals surface area (Å²) < 4.78 is 6.01. The van der Waals surface area contributed by atoms with Crippen molar-refractivity contribution in [3.05, 3.63) is 124 Å². The third-order valence-electron chi connectivity index (χ3n) is 5.77. The Morgan fingerprint density at radius 2 is 1.68 bits per heavy atom. The number of furan rings is 1. The molecule has 3 nitrogen and oxygen atoms in total. The number of hydrogen-bond acceptors (Lipinski definition) is 2. The van der Waals surface area contributed by atoms with E-state index in [0.717, 1.165) is 23.4 Å². The van der Waals surface area contributed by atoms with Crippen molar-refractivity contribution >= 4 is 46.6 Å². The van der Waals surface area contributed by atoms with Gasteiger partial charge in [0.2, 0.25) is 0 Å². The van der Waals surface area contributed by atoms with Crippen molar-refractivity contribution in [2.45, 2.75) is 13.3 Å². The molecule has 4 aromatic rings. The Morgan fingerprint density at radius 1 is 0.912 bits per heavy atom. The maximum Gasteiger partial charge on any atom is 0.263 e. The molecule has 0 bridgehead atoms. The van der Waals surface area contributed by atoms with Gasteiger partial charge in [0.25, 0.3) is 5.91 Å². The molecule has 0 saturated carbocycles. The average molecular weight is 486 g/mol. The van der Waals surface area contributed by atoms with Gasteiger partial charge in [0.05, 0.1) is 10.7 Å². The van der Waals surface area contributed by atoms with Crippen LogP contribution in [0.4, 0.5) is 5.69 Å². The van der Waals surface area contributed by atoms with Crippen molar-refractivity contribution in [3.63, 3.8) is 0 Å². The second kappa shape index (κ2) is 9.38. The van der Waals surface area contributed by atoms with E-state index in [0.29, 0.717) is 32.7 Å². The number of rotatable bonds is 5. The van der Waals surface area contributed by atoms with Gasteiger partial charge in [-0.2, -0.15) is 0 Å². The number of aryl methyl sites for hydroxylation is 1. The fraction of sp³-hybridized carbons (Fsp3) is 0.0690. The van der Waals surface area contributed by atoms with Crippen molar-refractivity contribution in [2.75, 3.05) is 4.90 Å². The molecule has 0 spiro atoms. The molecule has 0 radical (unpaired) electrons. The predicted octanol–water partition coefficient (Wildman–Crippen LogP) is 8.29. The maximum absolute atomic E-state index is 13.5. The fourth-order valence-corrected chi connectivity index (χ4v) is 4.37. The second-order valence-corrected chi connectivity index (χ2v) is 8.83. The summed E-state index contributed by atoms with van der Waals surface area (Å²) in [6.07, 6.45) is 4.60. The third-order valence-corrected chi connectivity index (χ3v) is 6.34. The number of benzene rings is 3. The number of hydrogen-bond donors (Lipinski definition) is 0. The molecule has 1 aromatic heterocycles. The largest absolute Gasteiger partial charge is 0.457 e. The Bertz CT molecular complexity index is 1420. The van der Waals surface area contributed by atoms with Crippen LogP contribution in [0.1, 0.15) is 23.8 Å². The molecule has 0 aliphatic carbocycles. The summed E-state index contributed by atoms with van der Waals surface area (Å²) in [6.45, 7) is 2.11. The summed E-state index contributed by atoms with van der Waals surface area (Å²) in [5.41, 5.74) is 5.08. The zero-order valence-electron chi connectivity index (χ0n) is 18.5. The van der Waals surface area contributed by atoms with Gasteiger partial charge in [0.1, 0.15) is 11.5 Å². The van der Waals surface area contributed by atoms with E-state index in [1.165, 1.54) is 5.56 Å². The minimum atomic E-state index is -0.109. The molecule has 0 N–H and O–H groups in total. The molecule has 1 aliphatic rings. The van der Waals surface area contributed by atoms with E-state index in [2.05, 4.69) is 19.1 Å². The van der Waals surface area contributed by atoms with Crippen molar-refractivity contribution in [1.82, 2.24) is 0 Å². The van der Waals surface area contributed by atoms with E-state index < -0.39 is 0 Å². The minimum Gasteiger partial charge on any atom is -0.457 e. The molecule has 0 unspecified atom stereocenters. The Morgan fingerprint density at radius 3 is 2.41 bits per heavy atom. The highest BCUT2D eigenvalue weighted by Crippen LogP contribution is 2.36. The van der Waals surface area contributed by atoms with Crippen LogP contribution < -0.4 is 4.90 Å². The van der Waals surface area contributed by atoms with Gasteiger partial charge in [0, 0.05) is 21.8 Å². The van der Waals surface area contributed by atoms with Gasteiger partial charge in [-0.05, 0) is 72.2 Å². The van der Waals surface area contributed by atoms with Crippen LogP contribution in [0.3, 0.4) is 0 Å². The minimum absolute atomic E-state index is 0.109. The lowest BCUT2D eigenvalue weighted by molar-refractivity contribution is -0.113. The van der Waals surface area contributed by atoms with Gasteiger partial charge in [-0.3, -0.25) is 9.69 Å². The summed E-state index contributed by atoms with van der Waals surface area (Å²) in [5.74, 6) is 1.03. The predicted molar refractivity (Wildman–Crippen MR) is 140 cm³/mol. The van der Waals surface area contributed by atoms with Crippen LogP contribution in [0.25, 0.3) is 23.1 Å². The normalized spacial score (nSPS) is 14.7. The van der Waals surface area contributed by atoms with Gasteiger partial charge in [-0.25, -0.2) is 0 Å². The first kappa shape index (κ1) is 22.3. The third kappa shape index (κ3) is 4.33. The number of carbonyl (C=O) groups is 1. The van der Waals surface area contributed by atoms with Gasteiger partial charge in [-0.1, -0.05) is 72.6 Å². The van der Waals surface area contributed by atoms with Crippen LogP contribution in [-0.2, 0) is 11.2 Å².